The minimum atomic E-state index is -3.39. The summed E-state index contributed by atoms with van der Waals surface area (Å²) in [6.45, 7) is 2.30. The van der Waals surface area contributed by atoms with Crippen LogP contribution in [0.3, 0.4) is 0 Å². The van der Waals surface area contributed by atoms with Gasteiger partial charge in [0.15, 0.2) is 5.82 Å². The molecule has 0 N–H and O–H groups in total. The average molecular weight is 495 g/mol. The van der Waals surface area contributed by atoms with Crippen molar-refractivity contribution in [1.29, 1.82) is 0 Å². The van der Waals surface area contributed by atoms with E-state index in [1.165, 1.54) is 0 Å². The lowest BCUT2D eigenvalue weighted by Gasteiger charge is -2.35. The molecule has 2 aromatic carbocycles. The lowest BCUT2D eigenvalue weighted by molar-refractivity contribution is 0.178. The van der Waals surface area contributed by atoms with Gasteiger partial charge in [0.25, 0.3) is 0 Å². The Balaban J connectivity index is 1.43. The Morgan fingerprint density at radius 1 is 0.941 bits per heavy atom. The van der Waals surface area contributed by atoms with Crippen molar-refractivity contribution in [2.24, 2.45) is 0 Å². The summed E-state index contributed by atoms with van der Waals surface area (Å²) in [7, 11) is -1.75. The van der Waals surface area contributed by atoms with Gasteiger partial charge in [-0.05, 0) is 11.1 Å². The second-order valence-electron chi connectivity index (χ2n) is 8.22. The molecule has 3 heterocycles. The lowest BCUT2D eigenvalue weighted by atomic mass is 10.1. The zero-order chi connectivity index (χ0) is 23.5. The molecule has 2 aromatic heterocycles. The third-order valence-electron chi connectivity index (χ3n) is 5.94. The Morgan fingerprint density at radius 2 is 1.62 bits per heavy atom. The number of rotatable bonds is 7. The van der Waals surface area contributed by atoms with Gasteiger partial charge < -0.3 is 9.64 Å². The highest BCUT2D eigenvalue weighted by Crippen LogP contribution is 2.38. The molecule has 0 saturated carbocycles. The smallest absolute Gasteiger partial charge is 0.218 e. The van der Waals surface area contributed by atoms with Gasteiger partial charge in [0.05, 0.1) is 11.1 Å². The molecule has 176 valence electrons. The van der Waals surface area contributed by atoms with Gasteiger partial charge in [-0.1, -0.05) is 60.7 Å². The van der Waals surface area contributed by atoms with Crippen LogP contribution in [0.4, 0.5) is 5.82 Å². The van der Waals surface area contributed by atoms with Crippen molar-refractivity contribution in [1.82, 2.24) is 14.3 Å². The molecule has 34 heavy (non-hydrogen) atoms. The maximum Gasteiger partial charge on any atom is 0.218 e. The minimum absolute atomic E-state index is 0.0201. The molecule has 1 aliphatic heterocycles. The van der Waals surface area contributed by atoms with E-state index in [0.717, 1.165) is 32.7 Å². The highest BCUT2D eigenvalue weighted by atomic mass is 32.2. The van der Waals surface area contributed by atoms with Crippen molar-refractivity contribution in [3.63, 3.8) is 0 Å². The van der Waals surface area contributed by atoms with Crippen LogP contribution in [0.1, 0.15) is 11.4 Å². The van der Waals surface area contributed by atoms with E-state index in [9.17, 15) is 8.42 Å². The van der Waals surface area contributed by atoms with E-state index in [1.54, 1.807) is 22.8 Å². The number of sulfonamides is 1. The third-order valence-corrected chi connectivity index (χ3v) is 8.66. The van der Waals surface area contributed by atoms with Crippen LogP contribution in [-0.2, 0) is 27.1 Å². The van der Waals surface area contributed by atoms with Crippen molar-refractivity contribution in [3.8, 4) is 11.1 Å². The van der Waals surface area contributed by atoms with E-state index in [0.29, 0.717) is 38.6 Å². The van der Waals surface area contributed by atoms with Crippen LogP contribution in [0.25, 0.3) is 21.3 Å². The van der Waals surface area contributed by atoms with Gasteiger partial charge in [-0.25, -0.2) is 18.4 Å². The van der Waals surface area contributed by atoms with Crippen LogP contribution < -0.4 is 4.90 Å². The van der Waals surface area contributed by atoms with Crippen LogP contribution in [0.2, 0.25) is 0 Å². The third kappa shape index (κ3) is 4.69. The fourth-order valence-electron chi connectivity index (χ4n) is 4.27. The summed E-state index contributed by atoms with van der Waals surface area (Å²) in [5.74, 6) is 1.49. The van der Waals surface area contributed by atoms with E-state index in [1.807, 2.05) is 48.5 Å². The molecule has 0 amide bonds. The van der Waals surface area contributed by atoms with Crippen LogP contribution in [-0.4, -0.2) is 56.0 Å². The summed E-state index contributed by atoms with van der Waals surface area (Å²) in [5.41, 5.74) is 3.01. The van der Waals surface area contributed by atoms with E-state index in [4.69, 9.17) is 14.7 Å². The topological polar surface area (TPSA) is 75.6 Å². The van der Waals surface area contributed by atoms with Gasteiger partial charge in [-0.3, -0.25) is 0 Å². The highest BCUT2D eigenvalue weighted by Gasteiger charge is 2.29. The van der Waals surface area contributed by atoms with Gasteiger partial charge in [0, 0.05) is 44.2 Å². The van der Waals surface area contributed by atoms with Gasteiger partial charge in [0.1, 0.15) is 17.3 Å². The number of thiophene rings is 1. The zero-order valence-electron chi connectivity index (χ0n) is 18.9. The van der Waals surface area contributed by atoms with Crippen molar-refractivity contribution in [3.05, 3.63) is 77.4 Å². The molecule has 0 aliphatic carbocycles. The summed E-state index contributed by atoms with van der Waals surface area (Å²) in [4.78, 5) is 12.7. The van der Waals surface area contributed by atoms with Crippen molar-refractivity contribution >= 4 is 37.4 Å². The first-order valence-corrected chi connectivity index (χ1v) is 13.6. The van der Waals surface area contributed by atoms with E-state index < -0.39 is 10.0 Å². The van der Waals surface area contributed by atoms with Crippen molar-refractivity contribution in [2.75, 3.05) is 38.2 Å². The first kappa shape index (κ1) is 22.9. The molecule has 0 radical (unpaired) electrons. The molecule has 4 aromatic rings. The molecule has 0 spiro atoms. The molecule has 0 bridgehead atoms. The van der Waals surface area contributed by atoms with Crippen molar-refractivity contribution < 1.29 is 13.2 Å². The molecule has 9 heteroatoms. The Bertz CT molecular complexity index is 1370. The number of aromatic nitrogens is 2. The maximum absolute atomic E-state index is 13.0. The van der Waals surface area contributed by atoms with Gasteiger partial charge in [0.2, 0.25) is 10.0 Å². The fourth-order valence-corrected chi connectivity index (χ4v) is 6.75. The summed E-state index contributed by atoms with van der Waals surface area (Å²) < 4.78 is 32.9. The molecular formula is C25H26N4O3S2. The molecular weight excluding hydrogens is 468 g/mol. The minimum Gasteiger partial charge on any atom is -0.377 e. The average Bonchev–Trinajstić information content (AvgIpc) is 3.29. The summed E-state index contributed by atoms with van der Waals surface area (Å²) in [5, 5.41) is 3.13. The van der Waals surface area contributed by atoms with Crippen LogP contribution in [0, 0.1) is 0 Å². The van der Waals surface area contributed by atoms with E-state index in [-0.39, 0.29) is 5.75 Å². The van der Waals surface area contributed by atoms with Crippen LogP contribution in [0.15, 0.2) is 66.0 Å². The zero-order valence-corrected chi connectivity index (χ0v) is 20.6. The Kier molecular flexibility index (Phi) is 6.60. The standard InChI is InChI=1S/C25H26N4O3S2/c1-32-16-22-26-24(23-21(17-33-25(23)27-22)20-10-6-3-7-11-20)28-12-14-29(15-13-28)34(30,31)18-19-8-4-2-5-9-19/h2-11,17H,12-16,18H2,1H3. The highest BCUT2D eigenvalue weighted by molar-refractivity contribution is 7.88. The van der Waals surface area contributed by atoms with E-state index >= 15 is 0 Å². The van der Waals surface area contributed by atoms with Crippen LogP contribution in [0.5, 0.6) is 0 Å². The number of benzene rings is 2. The van der Waals surface area contributed by atoms with Gasteiger partial charge in [-0.15, -0.1) is 11.3 Å². The number of methoxy groups -OCH3 is 1. The maximum atomic E-state index is 13.0. The molecule has 0 unspecified atom stereocenters. The van der Waals surface area contributed by atoms with Crippen LogP contribution >= 0.6 is 11.3 Å². The first-order chi connectivity index (χ1) is 16.5. The first-order valence-electron chi connectivity index (χ1n) is 11.1. The Morgan fingerprint density at radius 3 is 2.29 bits per heavy atom. The van der Waals surface area contributed by atoms with Crippen molar-refractivity contribution in [2.45, 2.75) is 12.4 Å². The molecule has 7 nitrogen and oxygen atoms in total. The summed E-state index contributed by atoms with van der Waals surface area (Å²) in [6.07, 6.45) is 0. The second-order valence-corrected chi connectivity index (χ2v) is 11.0. The predicted octanol–water partition coefficient (Wildman–Crippen LogP) is 4.16. The Hall–Kier alpha value is -2.85. The fraction of sp³-hybridized carbons (Fsp3) is 0.280. The number of hydrogen-bond donors (Lipinski definition) is 0. The number of anilines is 1. The predicted molar refractivity (Wildman–Crippen MR) is 136 cm³/mol. The Labute approximate surface area is 203 Å². The quantitative estimate of drug-likeness (QED) is 0.384. The molecule has 1 saturated heterocycles. The van der Waals surface area contributed by atoms with Gasteiger partial charge in [-0.2, -0.15) is 4.31 Å². The monoisotopic (exact) mass is 494 g/mol. The van der Waals surface area contributed by atoms with E-state index in [2.05, 4.69) is 22.4 Å². The molecule has 1 fully saturated rings. The number of ether oxygens (including phenoxy) is 1. The number of piperazine rings is 1. The molecule has 1 aliphatic rings. The largest absolute Gasteiger partial charge is 0.377 e. The molecule has 0 atom stereocenters. The number of nitrogens with zero attached hydrogens (tertiary/aromatic N) is 4. The summed E-state index contributed by atoms with van der Waals surface area (Å²) in [6, 6.07) is 19.5. The lowest BCUT2D eigenvalue weighted by Crippen LogP contribution is -2.49. The molecule has 5 rings (SSSR count). The number of hydrogen-bond acceptors (Lipinski definition) is 7. The number of fused-ring (bicyclic) bond motifs is 1. The second kappa shape index (κ2) is 9.79. The van der Waals surface area contributed by atoms with Gasteiger partial charge >= 0.3 is 0 Å². The normalized spacial score (nSPS) is 15.1. The summed E-state index contributed by atoms with van der Waals surface area (Å²) >= 11 is 1.59. The SMILES string of the molecule is COCc1nc(N2CCN(S(=O)(=O)Cc3ccccc3)CC2)c2c(-c3ccccc3)csc2n1.